The van der Waals surface area contributed by atoms with Crippen molar-refractivity contribution in [3.8, 4) is 5.75 Å². The number of esters is 1. The van der Waals surface area contributed by atoms with Gasteiger partial charge in [0.1, 0.15) is 5.75 Å². The van der Waals surface area contributed by atoms with E-state index in [1.807, 2.05) is 0 Å². The average molecular weight is 469 g/mol. The fraction of sp³-hybridized carbons (Fsp3) is 0.350. The van der Waals surface area contributed by atoms with E-state index in [1.54, 1.807) is 0 Å². The molecule has 0 aromatic heterocycles. The first-order valence-electron chi connectivity index (χ1n) is 9.58. The smallest absolute Gasteiger partial charge is 0.337 e. The molecule has 9 nitrogen and oxygen atoms in total. The van der Waals surface area contributed by atoms with Crippen LogP contribution < -0.4 is 9.46 Å². The Morgan fingerprint density at radius 2 is 1.65 bits per heavy atom. The van der Waals surface area contributed by atoms with Gasteiger partial charge in [0.05, 0.1) is 35.3 Å². The highest BCUT2D eigenvalue weighted by Gasteiger charge is 2.27. The van der Waals surface area contributed by atoms with Crippen molar-refractivity contribution in [3.05, 3.63) is 48.0 Å². The van der Waals surface area contributed by atoms with Gasteiger partial charge in [-0.05, 0) is 49.2 Å². The third-order valence-electron chi connectivity index (χ3n) is 4.93. The minimum absolute atomic E-state index is 0.0240. The van der Waals surface area contributed by atoms with Gasteiger partial charge in [0.25, 0.3) is 10.0 Å². The molecule has 2 aromatic carbocycles. The summed E-state index contributed by atoms with van der Waals surface area (Å²) in [6.07, 6.45) is 2.54. The highest BCUT2D eigenvalue weighted by Crippen LogP contribution is 2.31. The third-order valence-corrected chi connectivity index (χ3v) is 8.19. The molecule has 0 unspecified atom stereocenters. The van der Waals surface area contributed by atoms with E-state index in [0.717, 1.165) is 19.3 Å². The van der Waals surface area contributed by atoms with Gasteiger partial charge >= 0.3 is 5.97 Å². The number of sulfonamides is 2. The number of nitrogens with one attached hydrogen (secondary N) is 1. The molecule has 3 rings (SSSR count). The van der Waals surface area contributed by atoms with Crippen LogP contribution >= 0.6 is 0 Å². The molecule has 1 aliphatic heterocycles. The molecule has 11 heteroatoms. The van der Waals surface area contributed by atoms with Crippen LogP contribution in [0.4, 0.5) is 5.69 Å². The van der Waals surface area contributed by atoms with Gasteiger partial charge < -0.3 is 9.47 Å². The lowest BCUT2D eigenvalue weighted by Gasteiger charge is -2.26. The van der Waals surface area contributed by atoms with Gasteiger partial charge in [-0.3, -0.25) is 4.72 Å². The Morgan fingerprint density at radius 3 is 2.29 bits per heavy atom. The second-order valence-corrected chi connectivity index (χ2v) is 10.6. The third kappa shape index (κ3) is 5.00. The maximum absolute atomic E-state index is 13.0. The Balaban J connectivity index is 1.97. The SMILES string of the molecule is COC(=O)c1cccc(S(=O)(=O)Nc2cc(S(=O)(=O)N3CCCCC3)ccc2OC)c1. The molecule has 168 valence electrons. The molecule has 1 aliphatic rings. The van der Waals surface area contributed by atoms with E-state index in [-0.39, 0.29) is 26.8 Å². The lowest BCUT2D eigenvalue weighted by atomic mass is 10.2. The molecule has 1 saturated heterocycles. The number of benzene rings is 2. The molecule has 0 radical (unpaired) electrons. The van der Waals surface area contributed by atoms with Crippen molar-refractivity contribution in [3.63, 3.8) is 0 Å². The minimum atomic E-state index is -4.14. The van der Waals surface area contributed by atoms with Crippen molar-refractivity contribution >= 4 is 31.7 Å². The van der Waals surface area contributed by atoms with Crippen LogP contribution in [0.2, 0.25) is 0 Å². The van der Waals surface area contributed by atoms with Crippen LogP contribution in [-0.4, -0.2) is 54.4 Å². The normalized spacial score (nSPS) is 15.3. The van der Waals surface area contributed by atoms with Gasteiger partial charge in [-0.15, -0.1) is 0 Å². The number of carbonyl (C=O) groups is 1. The first-order valence-corrected chi connectivity index (χ1v) is 12.5. The first kappa shape index (κ1) is 23.0. The second kappa shape index (κ2) is 9.25. The predicted molar refractivity (Wildman–Crippen MR) is 114 cm³/mol. The Hall–Kier alpha value is -2.63. The molecule has 1 N–H and O–H groups in total. The number of hydrogen-bond acceptors (Lipinski definition) is 7. The summed E-state index contributed by atoms with van der Waals surface area (Å²) in [4.78, 5) is 11.5. The highest BCUT2D eigenvalue weighted by atomic mass is 32.2. The molecular formula is C20H24N2O7S2. The monoisotopic (exact) mass is 468 g/mol. The lowest BCUT2D eigenvalue weighted by Crippen LogP contribution is -2.35. The number of rotatable bonds is 7. The van der Waals surface area contributed by atoms with E-state index in [9.17, 15) is 21.6 Å². The highest BCUT2D eigenvalue weighted by molar-refractivity contribution is 7.92. The van der Waals surface area contributed by atoms with E-state index < -0.39 is 26.0 Å². The standard InChI is InChI=1S/C20H24N2O7S2/c1-28-19-10-9-17(31(26,27)22-11-4-3-5-12-22)14-18(19)21-30(24,25)16-8-6-7-15(13-16)20(23)29-2/h6-10,13-14,21H,3-5,11-12H2,1-2H3. The number of ether oxygens (including phenoxy) is 2. The number of piperidine rings is 1. The summed E-state index contributed by atoms with van der Waals surface area (Å²) in [5.41, 5.74) is 0.0443. The van der Waals surface area contributed by atoms with Crippen LogP contribution in [0.5, 0.6) is 5.75 Å². The van der Waals surface area contributed by atoms with Crippen molar-refractivity contribution in [2.75, 3.05) is 32.0 Å². The van der Waals surface area contributed by atoms with Gasteiger partial charge in [0.15, 0.2) is 0 Å². The molecule has 1 fully saturated rings. The second-order valence-electron chi connectivity index (χ2n) is 6.95. The van der Waals surface area contributed by atoms with Crippen LogP contribution in [0, 0.1) is 0 Å². The largest absolute Gasteiger partial charge is 0.495 e. The fourth-order valence-corrected chi connectivity index (χ4v) is 5.94. The summed E-state index contributed by atoms with van der Waals surface area (Å²) in [7, 11) is -5.37. The number of hydrogen-bond donors (Lipinski definition) is 1. The predicted octanol–water partition coefficient (Wildman–Crippen LogP) is 2.46. The van der Waals surface area contributed by atoms with Crippen molar-refractivity contribution in [1.29, 1.82) is 0 Å². The molecule has 2 aromatic rings. The van der Waals surface area contributed by atoms with Crippen molar-refractivity contribution in [2.24, 2.45) is 0 Å². The van der Waals surface area contributed by atoms with Crippen molar-refractivity contribution in [2.45, 2.75) is 29.1 Å². The number of carbonyl (C=O) groups excluding carboxylic acids is 1. The average Bonchev–Trinajstić information content (AvgIpc) is 2.79. The maximum Gasteiger partial charge on any atom is 0.337 e. The van der Waals surface area contributed by atoms with Gasteiger partial charge in [-0.1, -0.05) is 12.5 Å². The summed E-state index contributed by atoms with van der Waals surface area (Å²) in [5.74, 6) is -0.519. The molecule has 0 aliphatic carbocycles. The zero-order valence-corrected chi connectivity index (χ0v) is 18.8. The van der Waals surface area contributed by atoms with Crippen LogP contribution in [0.1, 0.15) is 29.6 Å². The molecule has 0 spiro atoms. The van der Waals surface area contributed by atoms with Gasteiger partial charge in [-0.25, -0.2) is 21.6 Å². The Labute approximate surface area is 182 Å². The van der Waals surface area contributed by atoms with Crippen molar-refractivity contribution < 1.29 is 31.1 Å². The molecule has 0 bridgehead atoms. The summed E-state index contributed by atoms with van der Waals surface area (Å²) < 4.78 is 65.4. The number of nitrogens with zero attached hydrogens (tertiary/aromatic N) is 1. The molecule has 0 atom stereocenters. The fourth-order valence-electron chi connectivity index (χ4n) is 3.29. The Bertz CT molecular complexity index is 1170. The van der Waals surface area contributed by atoms with E-state index >= 15 is 0 Å². The first-order chi connectivity index (χ1) is 14.7. The summed E-state index contributed by atoms with van der Waals surface area (Å²) in [5, 5.41) is 0. The van der Waals surface area contributed by atoms with E-state index in [1.165, 1.54) is 61.0 Å². The Morgan fingerprint density at radius 1 is 0.935 bits per heavy atom. The number of anilines is 1. The maximum atomic E-state index is 13.0. The van der Waals surface area contributed by atoms with Crippen LogP contribution in [-0.2, 0) is 24.8 Å². The van der Waals surface area contributed by atoms with E-state index in [0.29, 0.717) is 13.1 Å². The summed E-state index contributed by atoms with van der Waals surface area (Å²) >= 11 is 0. The topological polar surface area (TPSA) is 119 Å². The number of methoxy groups -OCH3 is 2. The van der Waals surface area contributed by atoms with Crippen LogP contribution in [0.3, 0.4) is 0 Å². The van der Waals surface area contributed by atoms with Crippen LogP contribution in [0.25, 0.3) is 0 Å². The minimum Gasteiger partial charge on any atom is -0.495 e. The van der Waals surface area contributed by atoms with Crippen molar-refractivity contribution in [1.82, 2.24) is 4.31 Å². The Kier molecular flexibility index (Phi) is 6.87. The molecule has 1 heterocycles. The zero-order chi connectivity index (χ0) is 22.6. The molecule has 31 heavy (non-hydrogen) atoms. The quantitative estimate of drug-likeness (QED) is 0.620. The van der Waals surface area contributed by atoms with Crippen LogP contribution in [0.15, 0.2) is 52.3 Å². The molecule has 0 saturated carbocycles. The molecular weight excluding hydrogens is 444 g/mol. The van der Waals surface area contributed by atoms with Gasteiger partial charge in [-0.2, -0.15) is 4.31 Å². The summed E-state index contributed by atoms with van der Waals surface area (Å²) in [6, 6.07) is 9.36. The summed E-state index contributed by atoms with van der Waals surface area (Å²) in [6.45, 7) is 0.853. The zero-order valence-electron chi connectivity index (χ0n) is 17.2. The lowest BCUT2D eigenvalue weighted by molar-refractivity contribution is 0.0600. The molecule has 0 amide bonds. The van der Waals surface area contributed by atoms with Gasteiger partial charge in [0.2, 0.25) is 10.0 Å². The van der Waals surface area contributed by atoms with E-state index in [4.69, 9.17) is 4.74 Å². The van der Waals surface area contributed by atoms with E-state index in [2.05, 4.69) is 9.46 Å². The van der Waals surface area contributed by atoms with Gasteiger partial charge in [0, 0.05) is 13.1 Å².